The molecule has 2 aromatic carbocycles. The molecule has 0 unspecified atom stereocenters. The van der Waals surface area contributed by atoms with Gasteiger partial charge in [0.2, 0.25) is 0 Å². The van der Waals surface area contributed by atoms with Gasteiger partial charge in [-0.1, -0.05) is 31.4 Å². The van der Waals surface area contributed by atoms with Gasteiger partial charge in [-0.3, -0.25) is 14.8 Å². The fraction of sp³-hybridized carbons (Fsp3) is 0.227. The summed E-state index contributed by atoms with van der Waals surface area (Å²) in [5.41, 5.74) is 4.01. The van der Waals surface area contributed by atoms with Crippen molar-refractivity contribution in [2.75, 3.05) is 0 Å². The number of imidazole rings is 1. The van der Waals surface area contributed by atoms with Crippen molar-refractivity contribution in [2.24, 2.45) is 0 Å². The van der Waals surface area contributed by atoms with Crippen LogP contribution in [0.2, 0.25) is 0 Å². The molecule has 1 N–H and O–H groups in total. The monoisotopic (exact) mass is 553 g/mol. The summed E-state index contributed by atoms with van der Waals surface area (Å²) in [5, 5.41) is 9.34. The number of ketones is 1. The second-order valence-corrected chi connectivity index (χ2v) is 6.71. The van der Waals surface area contributed by atoms with E-state index < -0.39 is 0 Å². The summed E-state index contributed by atoms with van der Waals surface area (Å²) in [5.74, 6) is 1.31. The van der Waals surface area contributed by atoms with Crippen LogP contribution in [0.1, 0.15) is 39.4 Å². The molecule has 4 rings (SSSR count). The first-order valence-corrected chi connectivity index (χ1v) is 8.84. The number of allylic oxidation sites excluding steroid dienone is 2. The van der Waals surface area contributed by atoms with Crippen molar-refractivity contribution in [1.29, 1.82) is 0 Å². The molecule has 2 aromatic heterocycles. The molecule has 5 nitrogen and oxygen atoms in total. The van der Waals surface area contributed by atoms with Crippen LogP contribution < -0.4 is 0 Å². The van der Waals surface area contributed by atoms with Gasteiger partial charge in [-0.15, -0.1) is 24.3 Å². The van der Waals surface area contributed by atoms with Gasteiger partial charge in [0.25, 0.3) is 0 Å². The topological polar surface area (TPSA) is 67.5 Å². The van der Waals surface area contributed by atoms with E-state index in [2.05, 4.69) is 30.4 Å². The molecule has 4 aromatic rings. The Morgan fingerprint density at radius 2 is 1.79 bits per heavy atom. The molecular weight excluding hydrogens is 530 g/mol. The Hall–Kier alpha value is -2.56. The van der Waals surface area contributed by atoms with E-state index in [4.69, 9.17) is 15.1 Å². The van der Waals surface area contributed by atoms with Crippen molar-refractivity contribution in [1.82, 2.24) is 14.4 Å². The van der Waals surface area contributed by atoms with Crippen LogP contribution >= 0.6 is 0 Å². The Labute approximate surface area is 177 Å². The van der Waals surface area contributed by atoms with E-state index in [1.807, 2.05) is 36.4 Å². The summed E-state index contributed by atoms with van der Waals surface area (Å²) in [6.07, 6.45) is 1.17. The summed E-state index contributed by atoms with van der Waals surface area (Å²) in [6, 6.07) is 17.4. The zero-order chi connectivity index (χ0) is 19.6. The minimum atomic E-state index is -0.125. The Morgan fingerprint density at radius 3 is 2.39 bits per heavy atom. The van der Waals surface area contributed by atoms with Crippen LogP contribution in [-0.2, 0) is 24.9 Å². The number of carbonyl (C=O) groups is 1. The predicted octanol–water partition coefficient (Wildman–Crippen LogP) is 4.99. The molecule has 0 saturated carbocycles. The Kier molecular flexibility index (Phi) is 7.05. The number of aromatic nitrogens is 3. The molecule has 0 amide bonds. The molecule has 0 fully saturated rings. The van der Waals surface area contributed by atoms with Crippen LogP contribution in [0, 0.1) is 6.07 Å². The van der Waals surface area contributed by atoms with Crippen molar-refractivity contribution in [2.45, 2.75) is 33.6 Å². The molecule has 1 radical (unpaired) electrons. The van der Waals surface area contributed by atoms with Gasteiger partial charge in [-0.05, 0) is 31.5 Å². The maximum Gasteiger partial charge on any atom is 0.155 e. The average molecular weight is 553 g/mol. The molecule has 2 heterocycles. The zero-order valence-corrected chi connectivity index (χ0v) is 18.6. The van der Waals surface area contributed by atoms with E-state index in [-0.39, 0.29) is 31.6 Å². The van der Waals surface area contributed by atoms with E-state index in [1.54, 1.807) is 0 Å². The summed E-state index contributed by atoms with van der Waals surface area (Å²) < 4.78 is 2.17. The quantitative estimate of drug-likeness (QED) is 0.216. The number of aliphatic hydroxyl groups is 1. The molecule has 0 aliphatic heterocycles. The van der Waals surface area contributed by atoms with E-state index in [1.165, 1.54) is 19.9 Å². The van der Waals surface area contributed by atoms with Crippen LogP contribution in [0.5, 0.6) is 0 Å². The Morgan fingerprint density at radius 1 is 1.11 bits per heavy atom. The smallest absolute Gasteiger partial charge is 0.155 e. The van der Waals surface area contributed by atoms with Crippen LogP contribution in [0.4, 0.5) is 0 Å². The van der Waals surface area contributed by atoms with Crippen molar-refractivity contribution in [3.63, 3.8) is 0 Å². The van der Waals surface area contributed by atoms with E-state index in [9.17, 15) is 4.79 Å². The summed E-state index contributed by atoms with van der Waals surface area (Å²) >= 11 is 0. The maximum atomic E-state index is 10.0. The molecule has 0 spiro atoms. The first-order chi connectivity index (χ1) is 12.9. The molecule has 0 aliphatic carbocycles. The van der Waals surface area contributed by atoms with E-state index >= 15 is 0 Å². The molecular formula is C22H22IrN3O2-. The minimum Gasteiger partial charge on any atom is -0.512 e. The van der Waals surface area contributed by atoms with Crippen molar-refractivity contribution < 1.29 is 30.0 Å². The van der Waals surface area contributed by atoms with Gasteiger partial charge in [0, 0.05) is 32.1 Å². The zero-order valence-electron chi connectivity index (χ0n) is 16.2. The third-order valence-electron chi connectivity index (χ3n) is 4.01. The minimum absolute atomic E-state index is 0. The van der Waals surface area contributed by atoms with E-state index in [0.29, 0.717) is 5.92 Å². The van der Waals surface area contributed by atoms with Crippen molar-refractivity contribution >= 4 is 33.4 Å². The number of hydrogen-bond donors (Lipinski definition) is 1. The normalized spacial score (nSPS) is 11.4. The molecule has 0 aliphatic rings. The Bertz CT molecular complexity index is 1160. The van der Waals surface area contributed by atoms with Crippen LogP contribution in [0.25, 0.3) is 27.6 Å². The SMILES string of the molecule is CC(=O)C=C(C)O.CC(C)c1nc2ccc[c-]c2c2nc3ccccc3n12.[Ir]. The van der Waals surface area contributed by atoms with Crippen LogP contribution in [0.15, 0.2) is 54.3 Å². The van der Waals surface area contributed by atoms with Gasteiger partial charge >= 0.3 is 0 Å². The Balaban J connectivity index is 0.000000306. The average Bonchev–Trinajstić information content (AvgIpc) is 3.00. The van der Waals surface area contributed by atoms with Gasteiger partial charge in [0.15, 0.2) is 5.78 Å². The number of para-hydroxylation sites is 2. The van der Waals surface area contributed by atoms with E-state index in [0.717, 1.165) is 33.4 Å². The largest absolute Gasteiger partial charge is 0.512 e. The number of aliphatic hydroxyl groups excluding tert-OH is 1. The van der Waals surface area contributed by atoms with Gasteiger partial charge in [0.1, 0.15) is 0 Å². The second-order valence-electron chi connectivity index (χ2n) is 6.71. The first kappa shape index (κ1) is 21.7. The molecule has 0 saturated heterocycles. The molecule has 0 atom stereocenters. The van der Waals surface area contributed by atoms with Gasteiger partial charge in [-0.2, -0.15) is 0 Å². The number of nitrogens with zero attached hydrogens (tertiary/aromatic N) is 3. The molecule has 0 bridgehead atoms. The van der Waals surface area contributed by atoms with Gasteiger partial charge in [-0.25, -0.2) is 0 Å². The van der Waals surface area contributed by atoms with Crippen molar-refractivity contribution in [3.05, 3.63) is 66.2 Å². The predicted molar refractivity (Wildman–Crippen MR) is 108 cm³/mol. The third-order valence-corrected chi connectivity index (χ3v) is 4.01. The summed E-state index contributed by atoms with van der Waals surface area (Å²) in [6.45, 7) is 7.17. The molecule has 6 heteroatoms. The molecule has 147 valence electrons. The summed E-state index contributed by atoms with van der Waals surface area (Å²) in [7, 11) is 0. The van der Waals surface area contributed by atoms with Gasteiger partial charge in [0.05, 0.1) is 28.3 Å². The first-order valence-electron chi connectivity index (χ1n) is 8.84. The molecule has 28 heavy (non-hydrogen) atoms. The number of rotatable bonds is 2. The maximum absolute atomic E-state index is 10.0. The van der Waals surface area contributed by atoms with Crippen LogP contribution in [-0.4, -0.2) is 25.3 Å². The summed E-state index contributed by atoms with van der Waals surface area (Å²) in [4.78, 5) is 19.6. The number of hydrogen-bond acceptors (Lipinski definition) is 4. The second kappa shape index (κ2) is 9.09. The fourth-order valence-corrected chi connectivity index (χ4v) is 2.98. The third kappa shape index (κ3) is 4.46. The van der Waals surface area contributed by atoms with Crippen molar-refractivity contribution in [3.8, 4) is 0 Å². The number of benzene rings is 2. The van der Waals surface area contributed by atoms with Gasteiger partial charge < -0.3 is 9.51 Å². The standard InChI is InChI=1S/C17H14N3.C5H8O2.Ir/c1-11(2)16-18-13-8-4-3-7-12(13)17-19-14-9-5-6-10-15(14)20(16)17;1-4(6)3-5(2)7;/h3-6,8-11H,1-2H3;3,6H,1-2H3;/q-1;;. The number of fused-ring (bicyclic) bond motifs is 5. The fourth-order valence-electron chi connectivity index (χ4n) is 2.98. The number of carbonyl (C=O) groups excluding carboxylic acids is 1. The van der Waals surface area contributed by atoms with Crippen LogP contribution in [0.3, 0.4) is 0 Å².